The summed E-state index contributed by atoms with van der Waals surface area (Å²) in [4.78, 5) is 23.2. The smallest absolute Gasteiger partial charge is 0.326 e. The van der Waals surface area contributed by atoms with Gasteiger partial charge in [0.05, 0.1) is 0 Å². The van der Waals surface area contributed by atoms with Gasteiger partial charge in [0.25, 0.3) is 0 Å². The minimum absolute atomic E-state index is 0.0814. The summed E-state index contributed by atoms with van der Waals surface area (Å²) in [6.07, 6.45) is 6.08. The molecule has 1 fully saturated rings. The number of carbonyl (C=O) groups is 2. The van der Waals surface area contributed by atoms with E-state index < -0.39 is 18.0 Å². The van der Waals surface area contributed by atoms with Gasteiger partial charge in [-0.1, -0.05) is 12.1 Å². The molecule has 1 aromatic rings. The van der Waals surface area contributed by atoms with E-state index in [-0.39, 0.29) is 5.92 Å². The lowest BCUT2D eigenvalue weighted by molar-refractivity contribution is -0.139. The number of aliphatic carboxylic acids is 1. The molecule has 5 heteroatoms. The number of carboxylic acids is 1. The third kappa shape index (κ3) is 3.17. The molecule has 1 unspecified atom stereocenters. The normalized spacial score (nSPS) is 18.5. The first-order chi connectivity index (χ1) is 10.1. The largest absolute Gasteiger partial charge is 0.480 e. The molecule has 0 radical (unpaired) electrons. The predicted molar refractivity (Wildman–Crippen MR) is 79.4 cm³/mol. The fraction of sp³-hybridized carbons (Fsp3) is 0.500. The average molecular weight is 288 g/mol. The monoisotopic (exact) mass is 288 g/mol. The zero-order chi connectivity index (χ0) is 14.8. The number of anilines is 1. The van der Waals surface area contributed by atoms with E-state index in [4.69, 9.17) is 5.11 Å². The first-order valence-electron chi connectivity index (χ1n) is 7.56. The van der Waals surface area contributed by atoms with Crippen LogP contribution >= 0.6 is 0 Å². The molecule has 21 heavy (non-hydrogen) atoms. The summed E-state index contributed by atoms with van der Waals surface area (Å²) in [5, 5.41) is 14.6. The van der Waals surface area contributed by atoms with Crippen molar-refractivity contribution in [1.82, 2.24) is 5.32 Å². The van der Waals surface area contributed by atoms with Gasteiger partial charge in [0.2, 0.25) is 0 Å². The standard InChI is InChI=1S/C16H20N2O3/c19-15(20)14(11-8-9-11)18-16(21)17-13-7-3-5-10-4-1-2-6-12(10)13/h3,5,7,11,14H,1-2,4,6,8-9H2,(H,19,20)(H2,17,18,21). The fourth-order valence-corrected chi connectivity index (χ4v) is 3.01. The second-order valence-electron chi connectivity index (χ2n) is 5.90. The number of fused-ring (bicyclic) bond motifs is 1. The van der Waals surface area contributed by atoms with Crippen molar-refractivity contribution in [2.45, 2.75) is 44.6 Å². The summed E-state index contributed by atoms with van der Waals surface area (Å²) in [6.45, 7) is 0. The van der Waals surface area contributed by atoms with Gasteiger partial charge in [0.1, 0.15) is 6.04 Å². The van der Waals surface area contributed by atoms with Crippen molar-refractivity contribution >= 4 is 17.7 Å². The van der Waals surface area contributed by atoms with E-state index in [1.165, 1.54) is 17.5 Å². The summed E-state index contributed by atoms with van der Waals surface area (Å²) in [5.74, 6) is -0.874. The van der Waals surface area contributed by atoms with Crippen LogP contribution in [-0.4, -0.2) is 23.1 Å². The zero-order valence-corrected chi connectivity index (χ0v) is 11.9. The van der Waals surface area contributed by atoms with Gasteiger partial charge in [-0.15, -0.1) is 0 Å². The Morgan fingerprint density at radius 2 is 1.95 bits per heavy atom. The maximum absolute atomic E-state index is 12.1. The summed E-state index contributed by atoms with van der Waals surface area (Å²) in [7, 11) is 0. The Hall–Kier alpha value is -2.04. The SMILES string of the molecule is O=C(Nc1cccc2c1CCCC2)NC(C(=O)O)C1CC1. The molecular formula is C16H20N2O3. The van der Waals surface area contributed by atoms with Crippen molar-refractivity contribution in [2.24, 2.45) is 5.92 Å². The van der Waals surface area contributed by atoms with Crippen molar-refractivity contribution in [2.75, 3.05) is 5.32 Å². The molecule has 2 aliphatic carbocycles. The first kappa shape index (κ1) is 13.9. The quantitative estimate of drug-likeness (QED) is 0.796. The molecule has 0 saturated heterocycles. The van der Waals surface area contributed by atoms with Crippen LogP contribution in [0, 0.1) is 5.92 Å². The molecule has 1 aromatic carbocycles. The molecule has 0 spiro atoms. The Bertz CT molecular complexity index is 567. The van der Waals surface area contributed by atoms with Gasteiger partial charge in [-0.05, 0) is 61.6 Å². The Labute approximate surface area is 123 Å². The van der Waals surface area contributed by atoms with Crippen LogP contribution in [0.5, 0.6) is 0 Å². The molecule has 112 valence electrons. The number of nitrogens with one attached hydrogen (secondary N) is 2. The van der Waals surface area contributed by atoms with Crippen LogP contribution in [0.15, 0.2) is 18.2 Å². The topological polar surface area (TPSA) is 78.4 Å². The Morgan fingerprint density at radius 3 is 2.67 bits per heavy atom. The third-order valence-corrected chi connectivity index (χ3v) is 4.29. The number of carbonyl (C=O) groups excluding carboxylic acids is 1. The van der Waals surface area contributed by atoms with Gasteiger partial charge in [0.15, 0.2) is 0 Å². The summed E-state index contributed by atoms with van der Waals surface area (Å²) >= 11 is 0. The van der Waals surface area contributed by atoms with Crippen molar-refractivity contribution < 1.29 is 14.7 Å². The molecule has 0 aliphatic heterocycles. The number of carboxylic acid groups (broad SMARTS) is 1. The fourth-order valence-electron chi connectivity index (χ4n) is 3.01. The van der Waals surface area contributed by atoms with Crippen LogP contribution < -0.4 is 10.6 Å². The van der Waals surface area contributed by atoms with E-state index in [1.807, 2.05) is 12.1 Å². The van der Waals surface area contributed by atoms with Gasteiger partial charge >= 0.3 is 12.0 Å². The van der Waals surface area contributed by atoms with Crippen molar-refractivity contribution in [1.29, 1.82) is 0 Å². The molecule has 2 aliphatic rings. The maximum atomic E-state index is 12.1. The highest BCUT2D eigenvalue weighted by atomic mass is 16.4. The Kier molecular flexibility index (Phi) is 3.82. The minimum Gasteiger partial charge on any atom is -0.480 e. The highest BCUT2D eigenvalue weighted by Gasteiger charge is 2.37. The van der Waals surface area contributed by atoms with Crippen LogP contribution in [0.1, 0.15) is 36.8 Å². The van der Waals surface area contributed by atoms with Crippen molar-refractivity contribution in [3.63, 3.8) is 0 Å². The van der Waals surface area contributed by atoms with Gasteiger partial charge < -0.3 is 15.7 Å². The highest BCUT2D eigenvalue weighted by Crippen LogP contribution is 2.33. The Morgan fingerprint density at radius 1 is 1.19 bits per heavy atom. The molecule has 3 N–H and O–H groups in total. The maximum Gasteiger partial charge on any atom is 0.326 e. The molecule has 5 nitrogen and oxygen atoms in total. The number of amides is 2. The molecular weight excluding hydrogens is 268 g/mol. The summed E-state index contributed by atoms with van der Waals surface area (Å²) < 4.78 is 0. The lowest BCUT2D eigenvalue weighted by Gasteiger charge is -2.20. The molecule has 2 amide bonds. The van der Waals surface area contributed by atoms with E-state index in [0.717, 1.165) is 37.8 Å². The number of rotatable bonds is 4. The van der Waals surface area contributed by atoms with Crippen LogP contribution in [-0.2, 0) is 17.6 Å². The molecule has 0 aromatic heterocycles. The lowest BCUT2D eigenvalue weighted by atomic mass is 9.90. The minimum atomic E-state index is -0.956. The van der Waals surface area contributed by atoms with Gasteiger partial charge in [-0.2, -0.15) is 0 Å². The lowest BCUT2D eigenvalue weighted by Crippen LogP contribution is -2.44. The number of benzene rings is 1. The molecule has 0 heterocycles. The average Bonchev–Trinajstić information content (AvgIpc) is 3.29. The second-order valence-corrected chi connectivity index (χ2v) is 5.90. The molecule has 1 saturated carbocycles. The molecule has 0 bridgehead atoms. The van der Waals surface area contributed by atoms with Crippen LogP contribution in [0.4, 0.5) is 10.5 Å². The molecule has 1 atom stereocenters. The van der Waals surface area contributed by atoms with Gasteiger partial charge in [-0.3, -0.25) is 0 Å². The Balaban J connectivity index is 1.68. The number of hydrogen-bond acceptors (Lipinski definition) is 2. The van der Waals surface area contributed by atoms with Crippen LogP contribution in [0.2, 0.25) is 0 Å². The van der Waals surface area contributed by atoms with E-state index in [9.17, 15) is 9.59 Å². The zero-order valence-electron chi connectivity index (χ0n) is 11.9. The summed E-state index contributed by atoms with van der Waals surface area (Å²) in [6, 6.07) is 4.73. The summed E-state index contributed by atoms with van der Waals surface area (Å²) in [5.41, 5.74) is 3.29. The van der Waals surface area contributed by atoms with E-state index in [2.05, 4.69) is 16.7 Å². The predicted octanol–water partition coefficient (Wildman–Crippen LogP) is 2.55. The van der Waals surface area contributed by atoms with E-state index in [0.29, 0.717) is 0 Å². The van der Waals surface area contributed by atoms with E-state index in [1.54, 1.807) is 0 Å². The van der Waals surface area contributed by atoms with E-state index >= 15 is 0 Å². The second kappa shape index (κ2) is 5.76. The van der Waals surface area contributed by atoms with Gasteiger partial charge in [0, 0.05) is 5.69 Å². The van der Waals surface area contributed by atoms with Crippen LogP contribution in [0.3, 0.4) is 0 Å². The molecule has 3 rings (SSSR count). The van der Waals surface area contributed by atoms with Crippen molar-refractivity contribution in [3.8, 4) is 0 Å². The third-order valence-electron chi connectivity index (χ3n) is 4.29. The van der Waals surface area contributed by atoms with Crippen molar-refractivity contribution in [3.05, 3.63) is 29.3 Å². The first-order valence-corrected chi connectivity index (χ1v) is 7.56. The van der Waals surface area contributed by atoms with Crippen LogP contribution in [0.25, 0.3) is 0 Å². The number of aryl methyl sites for hydroxylation is 1. The highest BCUT2D eigenvalue weighted by molar-refractivity contribution is 5.93. The number of urea groups is 1. The van der Waals surface area contributed by atoms with Gasteiger partial charge in [-0.25, -0.2) is 9.59 Å². The number of hydrogen-bond donors (Lipinski definition) is 3.